The molecule has 0 bridgehead atoms. The highest BCUT2D eigenvalue weighted by molar-refractivity contribution is 5.91. The molecule has 2 aliphatic heterocycles. The molecule has 0 saturated carbocycles. The quantitative estimate of drug-likeness (QED) is 0.579. The summed E-state index contributed by atoms with van der Waals surface area (Å²) in [4.78, 5) is 46.6. The van der Waals surface area contributed by atoms with Crippen molar-refractivity contribution in [3.05, 3.63) is 31.5 Å². The van der Waals surface area contributed by atoms with Crippen molar-refractivity contribution >= 4 is 11.5 Å². The first-order valence-corrected chi connectivity index (χ1v) is 6.44. The summed E-state index contributed by atoms with van der Waals surface area (Å²) in [6, 6.07) is -0.301. The predicted octanol–water partition coefficient (Wildman–Crippen LogP) is -1.90. The van der Waals surface area contributed by atoms with Crippen molar-refractivity contribution < 1.29 is 4.79 Å². The van der Waals surface area contributed by atoms with Crippen molar-refractivity contribution in [3.8, 4) is 0 Å². The molecule has 0 spiro atoms. The van der Waals surface area contributed by atoms with Gasteiger partial charge in [0.1, 0.15) is 5.49 Å². The lowest BCUT2D eigenvalue weighted by molar-refractivity contribution is -0.130. The fourth-order valence-electron chi connectivity index (χ4n) is 3.12. The number of aromatic nitrogens is 2. The molecular formula is C13H16N4O3. The largest absolute Gasteiger partial charge is 0.338 e. The first-order chi connectivity index (χ1) is 9.25. The molecule has 1 saturated heterocycles. The minimum Gasteiger partial charge on any atom is -0.338 e. The molecule has 0 aliphatic carbocycles. The number of amides is 1. The normalized spacial score (nSPS) is 27.1. The number of fused-ring (bicyclic) bond motifs is 2. The molecule has 1 amide bonds. The number of carbonyl (C=O) groups excluding carboxylic acids is 1. The lowest BCUT2D eigenvalue weighted by Gasteiger charge is -2.32. The van der Waals surface area contributed by atoms with Crippen LogP contribution in [0.5, 0.6) is 0 Å². The van der Waals surface area contributed by atoms with Gasteiger partial charge in [0.25, 0.3) is 5.56 Å². The first-order valence-electron chi connectivity index (χ1n) is 6.44. The van der Waals surface area contributed by atoms with Crippen molar-refractivity contribution in [2.45, 2.75) is 32.4 Å². The molecule has 2 unspecified atom stereocenters. The van der Waals surface area contributed by atoms with Gasteiger partial charge in [0.2, 0.25) is 5.91 Å². The Balaban J connectivity index is 2.44. The van der Waals surface area contributed by atoms with Crippen LogP contribution in [0.25, 0.3) is 5.57 Å². The summed E-state index contributed by atoms with van der Waals surface area (Å²) in [5.41, 5.74) is -0.600. The number of likely N-dealkylation sites (N-methyl/N-ethyl adjacent to an activating group) is 1. The molecule has 0 radical (unpaired) electrons. The Kier molecular flexibility index (Phi) is 2.36. The van der Waals surface area contributed by atoms with Crippen LogP contribution >= 0.6 is 0 Å². The molecule has 3 rings (SSSR count). The second kappa shape index (κ2) is 3.68. The van der Waals surface area contributed by atoms with Gasteiger partial charge in [-0.25, -0.2) is 4.79 Å². The minimum atomic E-state index is -0.584. The minimum absolute atomic E-state index is 0.0440. The molecule has 7 heteroatoms. The highest BCUT2D eigenvalue weighted by atomic mass is 16.2. The van der Waals surface area contributed by atoms with Gasteiger partial charge < -0.3 is 4.90 Å². The van der Waals surface area contributed by atoms with Crippen molar-refractivity contribution in [1.29, 1.82) is 0 Å². The number of hydrogen-bond donors (Lipinski definition) is 2. The third kappa shape index (κ3) is 1.40. The van der Waals surface area contributed by atoms with Gasteiger partial charge in [0.05, 0.1) is 22.7 Å². The van der Waals surface area contributed by atoms with Crippen LogP contribution in [0, 0.1) is 5.92 Å². The Morgan fingerprint density at radius 3 is 2.50 bits per heavy atom. The van der Waals surface area contributed by atoms with E-state index in [2.05, 4.69) is 15.0 Å². The fraction of sp³-hybridized carbons (Fsp3) is 0.538. The SMILES string of the molecule is CC1=c2c(=O)[nH]c(=O)[nH]c2=NC2C1C(=O)N(C)C2(C)C. The number of nitrogens with zero attached hydrogens (tertiary/aromatic N) is 2. The molecule has 0 aromatic carbocycles. The van der Waals surface area contributed by atoms with Gasteiger partial charge in [-0.05, 0) is 26.3 Å². The summed E-state index contributed by atoms with van der Waals surface area (Å²) in [6.07, 6.45) is 0. The summed E-state index contributed by atoms with van der Waals surface area (Å²) in [7, 11) is 1.74. The zero-order chi connectivity index (χ0) is 14.8. The number of aromatic amines is 2. The van der Waals surface area contributed by atoms with E-state index < -0.39 is 22.7 Å². The van der Waals surface area contributed by atoms with Crippen molar-refractivity contribution in [1.82, 2.24) is 14.9 Å². The standard InChI is InChI=1S/C13H16N4O3/c1-5-6-8(13(2,3)17(4)11(6)19)14-9-7(5)10(18)16-12(20)15-9/h6,8H,1-4H3,(H2,14,15,16,18,20). The number of hydrogen-bond acceptors (Lipinski definition) is 4. The van der Waals surface area contributed by atoms with Gasteiger partial charge in [-0.3, -0.25) is 24.5 Å². The molecule has 106 valence electrons. The van der Waals surface area contributed by atoms with Crippen LogP contribution in [0.3, 0.4) is 0 Å². The second-order valence-electron chi connectivity index (χ2n) is 5.92. The number of likely N-dealkylation sites (tertiary alicyclic amines) is 1. The predicted molar refractivity (Wildman–Crippen MR) is 71.7 cm³/mol. The van der Waals surface area contributed by atoms with Gasteiger partial charge in [0, 0.05) is 7.05 Å². The summed E-state index contributed by atoms with van der Waals surface area (Å²) < 4.78 is 0. The lowest BCUT2D eigenvalue weighted by atomic mass is 9.84. The molecule has 2 N–H and O–H groups in total. The van der Waals surface area contributed by atoms with Crippen LogP contribution in [0.15, 0.2) is 14.6 Å². The van der Waals surface area contributed by atoms with Crippen molar-refractivity contribution in [2.75, 3.05) is 7.05 Å². The maximum atomic E-state index is 12.4. The van der Waals surface area contributed by atoms with Gasteiger partial charge in [0.15, 0.2) is 0 Å². The van der Waals surface area contributed by atoms with Gasteiger partial charge in [-0.2, -0.15) is 0 Å². The Morgan fingerprint density at radius 2 is 1.85 bits per heavy atom. The van der Waals surface area contributed by atoms with Gasteiger partial charge in [-0.1, -0.05) is 0 Å². The van der Waals surface area contributed by atoms with E-state index in [0.29, 0.717) is 10.8 Å². The molecule has 3 heterocycles. The maximum absolute atomic E-state index is 12.4. The lowest BCUT2D eigenvalue weighted by Crippen LogP contribution is -2.55. The van der Waals surface area contributed by atoms with Gasteiger partial charge >= 0.3 is 5.69 Å². The van der Waals surface area contributed by atoms with E-state index in [4.69, 9.17) is 0 Å². The molecule has 2 aliphatic rings. The van der Waals surface area contributed by atoms with Crippen LogP contribution in [-0.2, 0) is 4.79 Å². The zero-order valence-corrected chi connectivity index (χ0v) is 11.8. The third-order valence-corrected chi connectivity index (χ3v) is 4.55. The van der Waals surface area contributed by atoms with Crippen LogP contribution in [0.4, 0.5) is 0 Å². The van der Waals surface area contributed by atoms with E-state index in [1.54, 1.807) is 18.9 Å². The Bertz CT molecular complexity index is 846. The first kappa shape index (κ1) is 12.8. The van der Waals surface area contributed by atoms with E-state index >= 15 is 0 Å². The van der Waals surface area contributed by atoms with Crippen LogP contribution in [0.1, 0.15) is 20.8 Å². The van der Waals surface area contributed by atoms with Crippen LogP contribution < -0.4 is 22.0 Å². The topological polar surface area (TPSA) is 98.4 Å². The molecule has 1 fully saturated rings. The highest BCUT2D eigenvalue weighted by Crippen LogP contribution is 2.39. The Morgan fingerprint density at radius 1 is 1.20 bits per heavy atom. The zero-order valence-electron chi connectivity index (χ0n) is 11.8. The highest BCUT2D eigenvalue weighted by Gasteiger charge is 2.53. The van der Waals surface area contributed by atoms with E-state index in [9.17, 15) is 14.4 Å². The Hall–Kier alpha value is -2.18. The maximum Gasteiger partial charge on any atom is 0.327 e. The number of rotatable bonds is 0. The van der Waals surface area contributed by atoms with E-state index in [0.717, 1.165) is 0 Å². The van der Waals surface area contributed by atoms with E-state index in [1.807, 2.05) is 13.8 Å². The fourth-order valence-corrected chi connectivity index (χ4v) is 3.12. The second-order valence-corrected chi connectivity index (χ2v) is 5.92. The summed E-state index contributed by atoms with van der Waals surface area (Å²) >= 11 is 0. The Labute approximate surface area is 114 Å². The number of carbonyl (C=O) groups is 1. The third-order valence-electron chi connectivity index (χ3n) is 4.55. The smallest absolute Gasteiger partial charge is 0.327 e. The number of H-pyrrole nitrogens is 2. The van der Waals surface area contributed by atoms with Crippen LogP contribution in [0.2, 0.25) is 0 Å². The molecule has 1 aromatic rings. The van der Waals surface area contributed by atoms with Crippen molar-refractivity contribution in [2.24, 2.45) is 10.9 Å². The van der Waals surface area contributed by atoms with E-state index in [1.165, 1.54) is 0 Å². The van der Waals surface area contributed by atoms with E-state index in [-0.39, 0.29) is 17.4 Å². The summed E-state index contributed by atoms with van der Waals surface area (Å²) in [5, 5.41) is 0.310. The molecule has 2 atom stereocenters. The molecule has 1 aromatic heterocycles. The molecule has 20 heavy (non-hydrogen) atoms. The van der Waals surface area contributed by atoms with Crippen LogP contribution in [-0.4, -0.2) is 39.4 Å². The monoisotopic (exact) mass is 276 g/mol. The molecule has 7 nitrogen and oxygen atoms in total. The van der Waals surface area contributed by atoms with Crippen molar-refractivity contribution in [3.63, 3.8) is 0 Å². The van der Waals surface area contributed by atoms with Gasteiger partial charge in [-0.15, -0.1) is 0 Å². The summed E-state index contributed by atoms with van der Waals surface area (Å²) in [5.74, 6) is -0.480. The summed E-state index contributed by atoms with van der Waals surface area (Å²) in [6.45, 7) is 5.62. The molecular weight excluding hydrogens is 260 g/mol. The number of nitrogens with one attached hydrogen (secondary N) is 2. The average Bonchev–Trinajstić information content (AvgIpc) is 2.50. The average molecular weight is 276 g/mol.